The maximum atomic E-state index is 5.72. The molecule has 200 valence electrons. The minimum atomic E-state index is -1.42. The fraction of sp³-hybridized carbons (Fsp3) is 1.00. The van der Waals surface area contributed by atoms with Crippen molar-refractivity contribution in [2.24, 2.45) is 0 Å². The molecule has 0 aliphatic rings. The number of rotatable bonds is 28. The van der Waals surface area contributed by atoms with Gasteiger partial charge in [0.2, 0.25) is 0 Å². The summed E-state index contributed by atoms with van der Waals surface area (Å²) < 4.78 is 33.3. The molecule has 0 aromatic rings. The van der Waals surface area contributed by atoms with Crippen LogP contribution in [0, 0.1) is 0 Å². The topological polar surface area (TPSA) is 55.4 Å². The van der Waals surface area contributed by atoms with Crippen molar-refractivity contribution in [1.82, 2.24) is 0 Å². The van der Waals surface area contributed by atoms with Crippen LogP contribution in [0.3, 0.4) is 0 Å². The summed E-state index contributed by atoms with van der Waals surface area (Å²) in [6.07, 6.45) is 15.0. The van der Waals surface area contributed by atoms with Gasteiger partial charge in [0.25, 0.3) is 0 Å². The molecule has 0 saturated carbocycles. The third kappa shape index (κ3) is 32.0. The summed E-state index contributed by atoms with van der Waals surface area (Å²) in [5, 5.41) is 0. The first-order valence-corrected chi connectivity index (χ1v) is 17.0. The van der Waals surface area contributed by atoms with E-state index in [1.807, 2.05) is 0 Å². The van der Waals surface area contributed by atoms with Gasteiger partial charge in [0.05, 0.1) is 66.1 Å². The first-order valence-electron chi connectivity index (χ1n) is 13.6. The van der Waals surface area contributed by atoms with E-state index in [4.69, 9.17) is 28.1 Å². The van der Waals surface area contributed by atoms with Gasteiger partial charge in [-0.15, -0.1) is 0 Å². The SMILES string of the molecule is CCCCCCCCCCCCCOCCOCCOCCOCCOCCO[Si](C)(C)C. The van der Waals surface area contributed by atoms with Crippen molar-refractivity contribution in [3.63, 3.8) is 0 Å². The van der Waals surface area contributed by atoms with Crippen molar-refractivity contribution in [3.8, 4) is 0 Å². The van der Waals surface area contributed by atoms with Crippen LogP contribution in [0.4, 0.5) is 0 Å². The summed E-state index contributed by atoms with van der Waals surface area (Å²) in [5.41, 5.74) is 0. The van der Waals surface area contributed by atoms with Crippen LogP contribution < -0.4 is 0 Å². The zero-order chi connectivity index (χ0) is 24.3. The molecule has 0 aromatic heterocycles. The van der Waals surface area contributed by atoms with E-state index in [2.05, 4.69) is 26.6 Å². The van der Waals surface area contributed by atoms with E-state index in [9.17, 15) is 0 Å². The maximum Gasteiger partial charge on any atom is 0.183 e. The van der Waals surface area contributed by atoms with Crippen LogP contribution in [0.15, 0.2) is 0 Å². The van der Waals surface area contributed by atoms with Gasteiger partial charge in [-0.25, -0.2) is 0 Å². The standard InChI is InChI=1S/C26H56O6Si/c1-5-6-7-8-9-10-11-12-13-14-15-16-27-17-18-28-19-20-29-21-22-30-23-24-31-25-26-32-33(2,3)4/h5-26H2,1-4H3. The zero-order valence-corrected chi connectivity index (χ0v) is 23.5. The predicted molar refractivity (Wildman–Crippen MR) is 140 cm³/mol. The summed E-state index contributed by atoms with van der Waals surface area (Å²) >= 11 is 0. The molecule has 7 heteroatoms. The van der Waals surface area contributed by atoms with Crippen molar-refractivity contribution in [2.45, 2.75) is 97.2 Å². The van der Waals surface area contributed by atoms with Crippen molar-refractivity contribution in [3.05, 3.63) is 0 Å². The molecular formula is C26H56O6Si. The largest absolute Gasteiger partial charge is 0.415 e. The minimum absolute atomic E-state index is 0.580. The highest BCUT2D eigenvalue weighted by atomic mass is 28.4. The first-order chi connectivity index (χ1) is 16.1. The molecule has 0 bridgehead atoms. The smallest absolute Gasteiger partial charge is 0.183 e. The Bertz CT molecular complexity index is 365. The van der Waals surface area contributed by atoms with Crippen molar-refractivity contribution in [1.29, 1.82) is 0 Å². The summed E-state index contributed by atoms with van der Waals surface area (Å²) in [6, 6.07) is 0. The second-order valence-electron chi connectivity index (χ2n) is 9.56. The number of hydrogen-bond donors (Lipinski definition) is 0. The number of unbranched alkanes of at least 4 members (excludes halogenated alkanes) is 10. The van der Waals surface area contributed by atoms with Crippen LogP contribution in [0.25, 0.3) is 0 Å². The number of ether oxygens (including phenoxy) is 5. The third-order valence-electron chi connectivity index (χ3n) is 5.14. The average Bonchev–Trinajstić information content (AvgIpc) is 2.78. The Morgan fingerprint density at radius 2 is 0.667 bits per heavy atom. The molecule has 0 aliphatic heterocycles. The Labute approximate surface area is 206 Å². The molecule has 33 heavy (non-hydrogen) atoms. The van der Waals surface area contributed by atoms with Gasteiger partial charge in [-0.05, 0) is 26.1 Å². The summed E-state index contributed by atoms with van der Waals surface area (Å²) in [6.45, 7) is 15.8. The highest BCUT2D eigenvalue weighted by molar-refractivity contribution is 6.69. The minimum Gasteiger partial charge on any atom is -0.415 e. The molecule has 6 nitrogen and oxygen atoms in total. The van der Waals surface area contributed by atoms with Crippen LogP contribution in [0.5, 0.6) is 0 Å². The summed E-state index contributed by atoms with van der Waals surface area (Å²) in [4.78, 5) is 0. The van der Waals surface area contributed by atoms with E-state index in [1.54, 1.807) is 0 Å². The average molecular weight is 493 g/mol. The van der Waals surface area contributed by atoms with E-state index in [1.165, 1.54) is 64.2 Å². The molecule has 0 heterocycles. The lowest BCUT2D eigenvalue weighted by Crippen LogP contribution is -2.27. The molecular weight excluding hydrogens is 436 g/mol. The highest BCUT2D eigenvalue weighted by Crippen LogP contribution is 2.11. The predicted octanol–water partition coefficient (Wildman–Crippen LogP) is 6.23. The van der Waals surface area contributed by atoms with Crippen molar-refractivity contribution >= 4 is 8.32 Å². The molecule has 0 saturated heterocycles. The fourth-order valence-electron chi connectivity index (χ4n) is 3.26. The van der Waals surface area contributed by atoms with Crippen molar-refractivity contribution < 1.29 is 28.1 Å². The molecule has 0 unspecified atom stereocenters. The van der Waals surface area contributed by atoms with Crippen LogP contribution in [-0.4, -0.2) is 81.0 Å². The molecule has 0 radical (unpaired) electrons. The molecule has 0 aliphatic carbocycles. The second-order valence-corrected chi connectivity index (χ2v) is 14.1. The van der Waals surface area contributed by atoms with Gasteiger partial charge in [0, 0.05) is 6.61 Å². The van der Waals surface area contributed by atoms with Gasteiger partial charge in [0.15, 0.2) is 8.32 Å². The second kappa shape index (κ2) is 26.6. The van der Waals surface area contributed by atoms with Gasteiger partial charge in [0.1, 0.15) is 0 Å². The molecule has 0 aromatic carbocycles. The Balaban J connectivity index is 3.03. The zero-order valence-electron chi connectivity index (χ0n) is 22.5. The van der Waals surface area contributed by atoms with Crippen molar-refractivity contribution in [2.75, 3.05) is 72.7 Å². The summed E-state index contributed by atoms with van der Waals surface area (Å²) in [7, 11) is -1.42. The van der Waals surface area contributed by atoms with Crippen LogP contribution in [0.2, 0.25) is 19.6 Å². The molecule has 0 amide bonds. The van der Waals surface area contributed by atoms with Crippen LogP contribution >= 0.6 is 0 Å². The highest BCUT2D eigenvalue weighted by Gasteiger charge is 2.12. The third-order valence-corrected chi connectivity index (χ3v) is 6.21. The molecule has 0 N–H and O–H groups in total. The van der Waals surface area contributed by atoms with E-state index in [0.29, 0.717) is 66.1 Å². The van der Waals surface area contributed by atoms with Crippen LogP contribution in [-0.2, 0) is 28.1 Å². The Morgan fingerprint density at radius 3 is 1.03 bits per heavy atom. The Morgan fingerprint density at radius 1 is 0.364 bits per heavy atom. The lowest BCUT2D eigenvalue weighted by Gasteiger charge is -2.16. The lowest BCUT2D eigenvalue weighted by molar-refractivity contribution is -0.0130. The van der Waals surface area contributed by atoms with Gasteiger partial charge >= 0.3 is 0 Å². The normalized spacial score (nSPS) is 12.0. The van der Waals surface area contributed by atoms with Crippen LogP contribution in [0.1, 0.15) is 77.6 Å². The van der Waals surface area contributed by atoms with Gasteiger partial charge < -0.3 is 28.1 Å². The van der Waals surface area contributed by atoms with E-state index in [0.717, 1.165) is 13.0 Å². The Kier molecular flexibility index (Phi) is 26.6. The molecule has 0 fully saturated rings. The summed E-state index contributed by atoms with van der Waals surface area (Å²) in [5.74, 6) is 0. The van der Waals surface area contributed by atoms with Gasteiger partial charge in [-0.2, -0.15) is 0 Å². The maximum absolute atomic E-state index is 5.72. The van der Waals surface area contributed by atoms with E-state index in [-0.39, 0.29) is 0 Å². The van der Waals surface area contributed by atoms with E-state index >= 15 is 0 Å². The quantitative estimate of drug-likeness (QED) is 0.0953. The molecule has 0 atom stereocenters. The van der Waals surface area contributed by atoms with E-state index < -0.39 is 8.32 Å². The lowest BCUT2D eigenvalue weighted by atomic mass is 10.1. The molecule has 0 rings (SSSR count). The first kappa shape index (κ1) is 33.0. The monoisotopic (exact) mass is 492 g/mol. The number of hydrogen-bond acceptors (Lipinski definition) is 6. The van der Waals surface area contributed by atoms with Gasteiger partial charge in [-0.3, -0.25) is 0 Å². The molecule has 0 spiro atoms. The Hall–Kier alpha value is -0.0231. The van der Waals surface area contributed by atoms with Gasteiger partial charge in [-0.1, -0.05) is 71.1 Å². The fourth-order valence-corrected chi connectivity index (χ4v) is 3.95.